The van der Waals surface area contributed by atoms with E-state index in [0.717, 1.165) is 52.0 Å². The van der Waals surface area contributed by atoms with Gasteiger partial charge in [-0.2, -0.15) is 0 Å². The highest BCUT2D eigenvalue weighted by Crippen LogP contribution is 2.18. The van der Waals surface area contributed by atoms with Gasteiger partial charge in [-0.05, 0) is 32.7 Å². The van der Waals surface area contributed by atoms with E-state index in [1.807, 2.05) is 11.8 Å². The number of nitrogens with one attached hydrogen (secondary N) is 1. The van der Waals surface area contributed by atoms with Crippen LogP contribution in [0.15, 0.2) is 0 Å². The molecule has 4 nitrogen and oxygen atoms in total. The lowest BCUT2D eigenvalue weighted by Gasteiger charge is -2.34. The van der Waals surface area contributed by atoms with Crippen molar-refractivity contribution in [2.45, 2.75) is 32.3 Å². The van der Waals surface area contributed by atoms with Crippen LogP contribution < -0.4 is 5.32 Å². The van der Waals surface area contributed by atoms with E-state index in [0.29, 0.717) is 5.91 Å². The van der Waals surface area contributed by atoms with Crippen LogP contribution in [0.25, 0.3) is 0 Å². The van der Waals surface area contributed by atoms with Gasteiger partial charge in [0.25, 0.3) is 0 Å². The minimum absolute atomic E-state index is 0.209. The molecular weight excluding hydrogens is 204 g/mol. The van der Waals surface area contributed by atoms with Gasteiger partial charge < -0.3 is 15.0 Å². The zero-order chi connectivity index (χ0) is 11.4. The SMILES string of the molecule is CCO[C@@H]1CCCN(C(=O)[C@@H]2CCNC2)C1. The molecule has 0 radical (unpaired) electrons. The molecular formula is C12H22N2O2. The fraction of sp³-hybridized carbons (Fsp3) is 0.917. The van der Waals surface area contributed by atoms with Crippen LogP contribution in [0.3, 0.4) is 0 Å². The van der Waals surface area contributed by atoms with Gasteiger partial charge in [-0.25, -0.2) is 0 Å². The van der Waals surface area contributed by atoms with Crippen LogP contribution in [0.2, 0.25) is 0 Å². The molecule has 0 unspecified atom stereocenters. The summed E-state index contributed by atoms with van der Waals surface area (Å²) in [6.07, 6.45) is 3.43. The standard InChI is InChI=1S/C12H22N2O2/c1-2-16-11-4-3-7-14(9-11)12(15)10-5-6-13-8-10/h10-11,13H,2-9H2,1H3/t10-,11-/m1/s1. The van der Waals surface area contributed by atoms with Crippen molar-refractivity contribution in [1.29, 1.82) is 0 Å². The summed E-state index contributed by atoms with van der Waals surface area (Å²) in [5, 5.41) is 3.25. The first-order chi connectivity index (χ1) is 7.81. The molecule has 2 aliphatic heterocycles. The van der Waals surface area contributed by atoms with Gasteiger partial charge in [0, 0.05) is 26.2 Å². The summed E-state index contributed by atoms with van der Waals surface area (Å²) in [7, 11) is 0. The average molecular weight is 226 g/mol. The minimum atomic E-state index is 0.209. The molecule has 4 heteroatoms. The molecule has 2 fully saturated rings. The Balaban J connectivity index is 1.85. The molecule has 1 amide bonds. The fourth-order valence-electron chi connectivity index (χ4n) is 2.63. The fourth-order valence-corrected chi connectivity index (χ4v) is 2.63. The number of rotatable bonds is 3. The molecule has 16 heavy (non-hydrogen) atoms. The Morgan fingerprint density at radius 3 is 3.06 bits per heavy atom. The van der Waals surface area contributed by atoms with Crippen LogP contribution in [0.4, 0.5) is 0 Å². The van der Waals surface area contributed by atoms with Crippen LogP contribution in [0, 0.1) is 5.92 Å². The van der Waals surface area contributed by atoms with Crippen LogP contribution in [0.1, 0.15) is 26.2 Å². The Bertz CT molecular complexity index is 237. The van der Waals surface area contributed by atoms with E-state index in [-0.39, 0.29) is 12.0 Å². The van der Waals surface area contributed by atoms with Crippen molar-refractivity contribution in [2.24, 2.45) is 5.92 Å². The third kappa shape index (κ3) is 2.74. The van der Waals surface area contributed by atoms with Gasteiger partial charge in [-0.1, -0.05) is 0 Å². The second-order valence-electron chi connectivity index (χ2n) is 4.69. The van der Waals surface area contributed by atoms with Gasteiger partial charge in [0.2, 0.25) is 5.91 Å². The number of ether oxygens (including phenoxy) is 1. The van der Waals surface area contributed by atoms with Gasteiger partial charge in [0.1, 0.15) is 0 Å². The topological polar surface area (TPSA) is 41.6 Å². The van der Waals surface area contributed by atoms with Crippen molar-refractivity contribution in [2.75, 3.05) is 32.8 Å². The van der Waals surface area contributed by atoms with Crippen molar-refractivity contribution in [3.63, 3.8) is 0 Å². The molecule has 1 N–H and O–H groups in total. The lowest BCUT2D eigenvalue weighted by atomic mass is 10.0. The average Bonchev–Trinajstić information content (AvgIpc) is 2.82. The number of nitrogens with zero attached hydrogens (tertiary/aromatic N) is 1. The minimum Gasteiger partial charge on any atom is -0.377 e. The molecule has 0 bridgehead atoms. The zero-order valence-corrected chi connectivity index (χ0v) is 10.1. The molecule has 0 saturated carbocycles. The van der Waals surface area contributed by atoms with Gasteiger partial charge in [-0.3, -0.25) is 4.79 Å². The van der Waals surface area contributed by atoms with Crippen LogP contribution >= 0.6 is 0 Å². The Kier molecular flexibility index (Phi) is 4.18. The summed E-state index contributed by atoms with van der Waals surface area (Å²) < 4.78 is 5.62. The van der Waals surface area contributed by atoms with Crippen molar-refractivity contribution in [3.8, 4) is 0 Å². The predicted octanol–water partition coefficient (Wildman–Crippen LogP) is 0.623. The van der Waals surface area contributed by atoms with Crippen molar-refractivity contribution in [1.82, 2.24) is 10.2 Å². The maximum Gasteiger partial charge on any atom is 0.227 e. The van der Waals surface area contributed by atoms with E-state index < -0.39 is 0 Å². The maximum absolute atomic E-state index is 12.2. The zero-order valence-electron chi connectivity index (χ0n) is 10.1. The number of piperidine rings is 1. The van der Waals surface area contributed by atoms with E-state index in [9.17, 15) is 4.79 Å². The van der Waals surface area contributed by atoms with Gasteiger partial charge in [0.05, 0.1) is 12.0 Å². The quantitative estimate of drug-likeness (QED) is 0.767. The Morgan fingerprint density at radius 1 is 1.50 bits per heavy atom. The highest BCUT2D eigenvalue weighted by Gasteiger charge is 2.30. The highest BCUT2D eigenvalue weighted by atomic mass is 16.5. The molecule has 0 aliphatic carbocycles. The predicted molar refractivity (Wildman–Crippen MR) is 62.2 cm³/mol. The molecule has 0 aromatic heterocycles. The monoisotopic (exact) mass is 226 g/mol. The summed E-state index contributed by atoms with van der Waals surface area (Å²) in [6.45, 7) is 6.31. The number of carbonyl (C=O) groups is 1. The first-order valence-electron chi connectivity index (χ1n) is 6.42. The third-order valence-corrected chi connectivity index (χ3v) is 3.50. The van der Waals surface area contributed by atoms with E-state index in [1.54, 1.807) is 0 Å². The summed E-state index contributed by atoms with van der Waals surface area (Å²) in [4.78, 5) is 14.2. The van der Waals surface area contributed by atoms with E-state index in [2.05, 4.69) is 5.32 Å². The molecule has 2 atom stereocenters. The molecule has 2 saturated heterocycles. The second kappa shape index (κ2) is 5.64. The van der Waals surface area contributed by atoms with E-state index in [4.69, 9.17) is 4.74 Å². The molecule has 2 heterocycles. The van der Waals surface area contributed by atoms with Crippen LogP contribution in [-0.4, -0.2) is 49.7 Å². The maximum atomic E-state index is 12.2. The van der Waals surface area contributed by atoms with Crippen molar-refractivity contribution >= 4 is 5.91 Å². The molecule has 2 aliphatic rings. The largest absolute Gasteiger partial charge is 0.377 e. The molecule has 92 valence electrons. The smallest absolute Gasteiger partial charge is 0.227 e. The summed E-state index contributed by atoms with van der Waals surface area (Å²) in [6, 6.07) is 0. The summed E-state index contributed by atoms with van der Waals surface area (Å²) >= 11 is 0. The summed E-state index contributed by atoms with van der Waals surface area (Å²) in [5.74, 6) is 0.537. The Morgan fingerprint density at radius 2 is 2.38 bits per heavy atom. The summed E-state index contributed by atoms with van der Waals surface area (Å²) in [5.41, 5.74) is 0. The number of carbonyl (C=O) groups excluding carboxylic acids is 1. The van der Waals surface area contributed by atoms with Crippen LogP contribution in [0.5, 0.6) is 0 Å². The second-order valence-corrected chi connectivity index (χ2v) is 4.69. The molecule has 0 spiro atoms. The Hall–Kier alpha value is -0.610. The van der Waals surface area contributed by atoms with E-state index >= 15 is 0 Å². The lowest BCUT2D eigenvalue weighted by Crippen LogP contribution is -2.46. The van der Waals surface area contributed by atoms with Crippen LogP contribution in [-0.2, 0) is 9.53 Å². The molecule has 0 aromatic rings. The normalized spacial score (nSPS) is 30.7. The van der Waals surface area contributed by atoms with E-state index in [1.165, 1.54) is 0 Å². The molecule has 2 rings (SSSR count). The molecule has 0 aromatic carbocycles. The first-order valence-corrected chi connectivity index (χ1v) is 6.42. The highest BCUT2D eigenvalue weighted by molar-refractivity contribution is 5.79. The Labute approximate surface area is 97.3 Å². The number of hydrogen-bond acceptors (Lipinski definition) is 3. The van der Waals surface area contributed by atoms with Gasteiger partial charge in [0.15, 0.2) is 0 Å². The first kappa shape index (κ1) is 11.9. The lowest BCUT2D eigenvalue weighted by molar-refractivity contribution is -0.139. The number of amides is 1. The third-order valence-electron chi connectivity index (χ3n) is 3.50. The number of hydrogen-bond donors (Lipinski definition) is 1. The van der Waals surface area contributed by atoms with Crippen molar-refractivity contribution in [3.05, 3.63) is 0 Å². The van der Waals surface area contributed by atoms with Crippen molar-refractivity contribution < 1.29 is 9.53 Å². The number of likely N-dealkylation sites (tertiary alicyclic amines) is 1. The van der Waals surface area contributed by atoms with Gasteiger partial charge in [-0.15, -0.1) is 0 Å². The van der Waals surface area contributed by atoms with Gasteiger partial charge >= 0.3 is 0 Å².